The van der Waals surface area contributed by atoms with E-state index in [1.807, 2.05) is 24.3 Å². The summed E-state index contributed by atoms with van der Waals surface area (Å²) in [6.07, 6.45) is 4.54. The predicted molar refractivity (Wildman–Crippen MR) is 157 cm³/mol. The van der Waals surface area contributed by atoms with E-state index in [2.05, 4.69) is 45.4 Å². The number of nitrogens with zero attached hydrogens (tertiary/aromatic N) is 4. The van der Waals surface area contributed by atoms with Crippen LogP contribution >= 0.6 is 0 Å². The van der Waals surface area contributed by atoms with Crippen molar-refractivity contribution >= 4 is 73.3 Å². The van der Waals surface area contributed by atoms with Crippen LogP contribution < -0.4 is 18.9 Å². The maximum atomic E-state index is 13.2. The van der Waals surface area contributed by atoms with E-state index in [0.717, 1.165) is 16.5 Å². The Hall–Kier alpha value is -2.87. The van der Waals surface area contributed by atoms with Crippen LogP contribution in [0.3, 0.4) is 0 Å². The standard InChI is InChI=1S/C28H29N5O5S.K.H/c1-28(2,3)20-13-11-19(12-14-20)15-18-39(34,35)33-24-23(38-22-10-7-6-9-21(22)36-4)27(37-5)32-26(31-24)25-29-16-8-17-30-25;;/h6-18H,1-5H3,(H,31,32,33);;. The van der Waals surface area contributed by atoms with Gasteiger partial charge in [-0.05, 0) is 40.8 Å². The molecule has 4 rings (SSSR count). The summed E-state index contributed by atoms with van der Waals surface area (Å²) < 4.78 is 45.6. The average Bonchev–Trinajstić information content (AvgIpc) is 2.93. The van der Waals surface area contributed by atoms with Gasteiger partial charge in [-0.1, -0.05) is 57.2 Å². The van der Waals surface area contributed by atoms with Crippen molar-refractivity contribution < 1.29 is 22.6 Å². The van der Waals surface area contributed by atoms with Gasteiger partial charge in [0, 0.05) is 12.4 Å². The molecule has 0 fully saturated rings. The Morgan fingerprint density at radius 3 is 2.08 bits per heavy atom. The van der Waals surface area contributed by atoms with Gasteiger partial charge in [0.1, 0.15) is 0 Å². The Morgan fingerprint density at radius 1 is 0.825 bits per heavy atom. The number of nitrogens with one attached hydrogen (secondary N) is 1. The number of sulfonamides is 1. The summed E-state index contributed by atoms with van der Waals surface area (Å²) in [5.74, 6) is 0.686. The molecule has 0 aliphatic carbocycles. The van der Waals surface area contributed by atoms with Crippen molar-refractivity contribution in [2.45, 2.75) is 26.2 Å². The molecule has 0 saturated carbocycles. The first-order chi connectivity index (χ1) is 18.6. The van der Waals surface area contributed by atoms with Crippen molar-refractivity contribution in [1.29, 1.82) is 0 Å². The van der Waals surface area contributed by atoms with Crippen molar-refractivity contribution in [1.82, 2.24) is 19.9 Å². The number of benzene rings is 2. The Morgan fingerprint density at radius 2 is 1.48 bits per heavy atom. The second-order valence-corrected chi connectivity index (χ2v) is 10.9. The number of para-hydroxylation sites is 2. The molecule has 1 N–H and O–H groups in total. The molecule has 2 heterocycles. The van der Waals surface area contributed by atoms with Gasteiger partial charge in [-0.2, -0.15) is 4.98 Å². The third-order valence-electron chi connectivity index (χ3n) is 5.53. The number of hydrogen-bond acceptors (Lipinski definition) is 9. The van der Waals surface area contributed by atoms with E-state index >= 15 is 0 Å². The topological polar surface area (TPSA) is 125 Å². The molecule has 0 unspecified atom stereocenters. The fourth-order valence-corrected chi connectivity index (χ4v) is 4.30. The minimum absolute atomic E-state index is 0. The molecule has 0 aliphatic heterocycles. The molecule has 0 radical (unpaired) electrons. The maximum absolute atomic E-state index is 13.2. The Bertz CT molecular complexity index is 1580. The van der Waals surface area contributed by atoms with Crippen LogP contribution in [0.1, 0.15) is 31.9 Å². The first-order valence-electron chi connectivity index (χ1n) is 12.0. The fourth-order valence-electron chi connectivity index (χ4n) is 3.49. The zero-order valence-corrected chi connectivity index (χ0v) is 23.1. The van der Waals surface area contributed by atoms with Crippen LogP contribution in [-0.2, 0) is 15.4 Å². The van der Waals surface area contributed by atoms with E-state index < -0.39 is 10.0 Å². The molecule has 2 aromatic heterocycles. The molecular formula is C28H30KN5O5S. The molecule has 204 valence electrons. The summed E-state index contributed by atoms with van der Waals surface area (Å²) in [5, 5.41) is 1.05. The van der Waals surface area contributed by atoms with Crippen LogP contribution in [0.15, 0.2) is 72.4 Å². The monoisotopic (exact) mass is 587 g/mol. The molecule has 0 aliphatic rings. The van der Waals surface area contributed by atoms with Crippen LogP contribution in [-0.4, -0.2) is 94.0 Å². The van der Waals surface area contributed by atoms with Crippen LogP contribution in [0.2, 0.25) is 0 Å². The van der Waals surface area contributed by atoms with Crippen molar-refractivity contribution in [3.8, 4) is 34.8 Å². The van der Waals surface area contributed by atoms with Gasteiger partial charge in [0.05, 0.1) is 19.6 Å². The van der Waals surface area contributed by atoms with Crippen LogP contribution in [0, 0.1) is 0 Å². The molecule has 40 heavy (non-hydrogen) atoms. The van der Waals surface area contributed by atoms with E-state index in [1.165, 1.54) is 32.7 Å². The van der Waals surface area contributed by atoms with Gasteiger partial charge in [-0.25, -0.2) is 23.4 Å². The zero-order valence-electron chi connectivity index (χ0n) is 22.2. The van der Waals surface area contributed by atoms with Crippen molar-refractivity contribution in [3.63, 3.8) is 0 Å². The van der Waals surface area contributed by atoms with Crippen LogP contribution in [0.25, 0.3) is 17.7 Å². The molecule has 10 nitrogen and oxygen atoms in total. The molecule has 0 bridgehead atoms. The Labute approximate surface area is 276 Å². The summed E-state index contributed by atoms with van der Waals surface area (Å²) in [4.78, 5) is 17.0. The van der Waals surface area contributed by atoms with Crippen LogP contribution in [0.4, 0.5) is 5.82 Å². The van der Waals surface area contributed by atoms with Gasteiger partial charge in [-0.15, -0.1) is 0 Å². The Kier molecular flexibility index (Phi) is 10.8. The number of methoxy groups -OCH3 is 2. The second kappa shape index (κ2) is 13.7. The van der Waals surface area contributed by atoms with Crippen LogP contribution in [0.5, 0.6) is 23.1 Å². The van der Waals surface area contributed by atoms with Gasteiger partial charge < -0.3 is 14.2 Å². The summed E-state index contributed by atoms with van der Waals surface area (Å²) in [6.45, 7) is 6.34. The summed E-state index contributed by atoms with van der Waals surface area (Å²) in [5.41, 5.74) is 1.85. The van der Waals surface area contributed by atoms with E-state index in [1.54, 1.807) is 30.3 Å². The van der Waals surface area contributed by atoms with Gasteiger partial charge in [0.25, 0.3) is 15.9 Å². The first kappa shape index (κ1) is 31.7. The molecule has 0 spiro atoms. The average molecular weight is 588 g/mol. The van der Waals surface area contributed by atoms with E-state index in [9.17, 15) is 8.42 Å². The van der Waals surface area contributed by atoms with E-state index in [0.29, 0.717) is 11.5 Å². The second-order valence-electron chi connectivity index (χ2n) is 9.38. The SMILES string of the molecule is COc1ccccc1Oc1c(NS(=O)(=O)C=Cc2ccc(C(C)(C)C)cc2)nc(-c2ncccn2)nc1OC.[KH]. The number of hydrogen-bond donors (Lipinski definition) is 1. The van der Waals surface area contributed by atoms with Gasteiger partial charge in [0.15, 0.2) is 23.1 Å². The third-order valence-corrected chi connectivity index (χ3v) is 6.50. The molecule has 0 atom stereocenters. The Balaban J connectivity index is 0.00000441. The molecule has 0 amide bonds. The normalized spacial score (nSPS) is 11.5. The quantitative estimate of drug-likeness (QED) is 0.275. The molecule has 2 aromatic carbocycles. The van der Waals surface area contributed by atoms with Gasteiger partial charge in [-0.3, -0.25) is 4.72 Å². The summed E-state index contributed by atoms with van der Waals surface area (Å²) in [6, 6.07) is 16.2. The molecular weight excluding hydrogens is 558 g/mol. The number of anilines is 1. The number of aromatic nitrogens is 4. The molecule has 4 aromatic rings. The third kappa shape index (κ3) is 8.09. The summed E-state index contributed by atoms with van der Waals surface area (Å²) >= 11 is 0. The van der Waals surface area contributed by atoms with Gasteiger partial charge in [0.2, 0.25) is 11.6 Å². The fraction of sp³-hybridized carbons (Fsp3) is 0.214. The van der Waals surface area contributed by atoms with Crippen molar-refractivity contribution in [3.05, 3.63) is 83.5 Å². The molecule has 0 saturated heterocycles. The van der Waals surface area contributed by atoms with E-state index in [-0.39, 0.29) is 85.9 Å². The van der Waals surface area contributed by atoms with E-state index in [4.69, 9.17) is 14.2 Å². The van der Waals surface area contributed by atoms with Gasteiger partial charge >= 0.3 is 51.4 Å². The number of rotatable bonds is 9. The van der Waals surface area contributed by atoms with Crippen molar-refractivity contribution in [2.75, 3.05) is 18.9 Å². The number of ether oxygens (including phenoxy) is 3. The summed E-state index contributed by atoms with van der Waals surface area (Å²) in [7, 11) is -1.18. The molecule has 12 heteroatoms. The van der Waals surface area contributed by atoms with Crippen molar-refractivity contribution in [2.24, 2.45) is 0 Å². The minimum atomic E-state index is -4.05. The zero-order chi connectivity index (χ0) is 28.0. The predicted octanol–water partition coefficient (Wildman–Crippen LogP) is 4.80. The first-order valence-corrected chi connectivity index (χ1v) is 13.5.